The van der Waals surface area contributed by atoms with Crippen LogP contribution in [0.2, 0.25) is 0 Å². The summed E-state index contributed by atoms with van der Waals surface area (Å²) in [7, 11) is 0. The molecule has 21 heavy (non-hydrogen) atoms. The average molecular weight is 293 g/mol. The SMILES string of the molecule is CCCOc1ccc(C(O)CN(CC(C)C)C(C)C)cc1. The second kappa shape index (κ2) is 9.06. The van der Waals surface area contributed by atoms with Crippen LogP contribution in [0.5, 0.6) is 5.75 Å². The third kappa shape index (κ3) is 6.49. The fraction of sp³-hybridized carbons (Fsp3) is 0.667. The molecule has 0 spiro atoms. The second-order valence-electron chi connectivity index (χ2n) is 6.37. The van der Waals surface area contributed by atoms with E-state index in [9.17, 15) is 5.11 Å². The lowest BCUT2D eigenvalue weighted by atomic mass is 10.1. The molecule has 3 nitrogen and oxygen atoms in total. The molecule has 0 saturated carbocycles. The van der Waals surface area contributed by atoms with E-state index in [2.05, 4.69) is 39.5 Å². The smallest absolute Gasteiger partial charge is 0.119 e. The molecule has 0 radical (unpaired) electrons. The first-order chi connectivity index (χ1) is 9.93. The Morgan fingerprint density at radius 2 is 1.67 bits per heavy atom. The van der Waals surface area contributed by atoms with Crippen molar-refractivity contribution in [3.63, 3.8) is 0 Å². The predicted octanol–water partition coefficient (Wildman–Crippen LogP) is 3.88. The third-order valence-corrected chi connectivity index (χ3v) is 3.48. The van der Waals surface area contributed by atoms with Crippen molar-refractivity contribution in [1.82, 2.24) is 4.90 Å². The standard InChI is InChI=1S/C18H31NO2/c1-6-11-21-17-9-7-16(8-10-17)18(20)13-19(15(4)5)12-14(2)3/h7-10,14-15,18,20H,6,11-13H2,1-5H3. The van der Waals surface area contributed by atoms with Gasteiger partial charge < -0.3 is 9.84 Å². The van der Waals surface area contributed by atoms with E-state index in [4.69, 9.17) is 4.74 Å². The summed E-state index contributed by atoms with van der Waals surface area (Å²) in [5.74, 6) is 1.47. The highest BCUT2D eigenvalue weighted by Crippen LogP contribution is 2.20. The molecule has 1 aromatic carbocycles. The molecule has 3 heteroatoms. The van der Waals surface area contributed by atoms with Gasteiger partial charge in [0.2, 0.25) is 0 Å². The first kappa shape index (κ1) is 18.0. The zero-order valence-corrected chi connectivity index (χ0v) is 14.2. The van der Waals surface area contributed by atoms with Crippen molar-refractivity contribution in [1.29, 1.82) is 0 Å². The molecule has 0 bridgehead atoms. The molecule has 0 aliphatic rings. The number of benzene rings is 1. The summed E-state index contributed by atoms with van der Waals surface area (Å²) in [5, 5.41) is 10.4. The number of nitrogens with zero attached hydrogens (tertiary/aromatic N) is 1. The van der Waals surface area contributed by atoms with Crippen molar-refractivity contribution in [2.45, 2.75) is 53.2 Å². The molecule has 0 aromatic heterocycles. The van der Waals surface area contributed by atoms with Gasteiger partial charge in [-0.1, -0.05) is 32.9 Å². The molecule has 1 N–H and O–H groups in total. The van der Waals surface area contributed by atoms with E-state index >= 15 is 0 Å². The molecule has 0 saturated heterocycles. The number of aliphatic hydroxyl groups excluding tert-OH is 1. The Morgan fingerprint density at radius 1 is 1.05 bits per heavy atom. The fourth-order valence-electron chi connectivity index (χ4n) is 2.30. The zero-order valence-electron chi connectivity index (χ0n) is 14.2. The molecule has 1 unspecified atom stereocenters. The van der Waals surface area contributed by atoms with Gasteiger partial charge in [-0.3, -0.25) is 4.90 Å². The average Bonchev–Trinajstić information content (AvgIpc) is 2.44. The summed E-state index contributed by atoms with van der Waals surface area (Å²) >= 11 is 0. The molecular weight excluding hydrogens is 262 g/mol. The van der Waals surface area contributed by atoms with E-state index in [1.165, 1.54) is 0 Å². The summed E-state index contributed by atoms with van der Waals surface area (Å²) in [6, 6.07) is 8.24. The van der Waals surface area contributed by atoms with Crippen molar-refractivity contribution in [2.75, 3.05) is 19.7 Å². The summed E-state index contributed by atoms with van der Waals surface area (Å²) in [4.78, 5) is 2.33. The Kier molecular flexibility index (Phi) is 7.76. The second-order valence-corrected chi connectivity index (χ2v) is 6.37. The minimum Gasteiger partial charge on any atom is -0.494 e. The molecule has 1 atom stereocenters. The van der Waals surface area contributed by atoms with Crippen LogP contribution in [0.1, 0.15) is 52.7 Å². The van der Waals surface area contributed by atoms with Crippen molar-refractivity contribution in [3.05, 3.63) is 29.8 Å². The van der Waals surface area contributed by atoms with Crippen LogP contribution < -0.4 is 4.74 Å². The number of aliphatic hydroxyl groups is 1. The normalized spacial score (nSPS) is 13.2. The van der Waals surface area contributed by atoms with Crippen molar-refractivity contribution in [3.8, 4) is 5.75 Å². The third-order valence-electron chi connectivity index (χ3n) is 3.48. The molecule has 0 aliphatic carbocycles. The van der Waals surface area contributed by atoms with Gasteiger partial charge in [-0.2, -0.15) is 0 Å². The highest BCUT2D eigenvalue weighted by atomic mass is 16.5. The van der Waals surface area contributed by atoms with Crippen LogP contribution in [-0.4, -0.2) is 35.7 Å². The Morgan fingerprint density at radius 3 is 2.14 bits per heavy atom. The van der Waals surface area contributed by atoms with E-state index in [1.807, 2.05) is 24.3 Å². The Balaban J connectivity index is 2.62. The summed E-state index contributed by atoms with van der Waals surface area (Å²) in [6.07, 6.45) is 0.550. The predicted molar refractivity (Wildman–Crippen MR) is 88.7 cm³/mol. The topological polar surface area (TPSA) is 32.7 Å². The van der Waals surface area contributed by atoms with E-state index in [0.717, 1.165) is 30.9 Å². The van der Waals surface area contributed by atoms with Crippen LogP contribution in [0.3, 0.4) is 0 Å². The quantitative estimate of drug-likeness (QED) is 0.750. The molecule has 0 heterocycles. The first-order valence-electron chi connectivity index (χ1n) is 8.08. The van der Waals surface area contributed by atoms with Crippen molar-refractivity contribution >= 4 is 0 Å². The first-order valence-corrected chi connectivity index (χ1v) is 8.08. The summed E-state index contributed by atoms with van der Waals surface area (Å²) < 4.78 is 5.57. The van der Waals surface area contributed by atoms with Crippen LogP contribution in [-0.2, 0) is 0 Å². The van der Waals surface area contributed by atoms with Gasteiger partial charge in [-0.15, -0.1) is 0 Å². The van der Waals surface area contributed by atoms with Gasteiger partial charge >= 0.3 is 0 Å². The maximum Gasteiger partial charge on any atom is 0.119 e. The van der Waals surface area contributed by atoms with Crippen LogP contribution in [0.15, 0.2) is 24.3 Å². The Labute approximate surface area is 129 Å². The van der Waals surface area contributed by atoms with Crippen LogP contribution in [0.4, 0.5) is 0 Å². The summed E-state index contributed by atoms with van der Waals surface area (Å²) in [5.41, 5.74) is 0.952. The van der Waals surface area contributed by atoms with Crippen LogP contribution in [0.25, 0.3) is 0 Å². The zero-order chi connectivity index (χ0) is 15.8. The minimum atomic E-state index is -0.452. The maximum atomic E-state index is 10.4. The number of hydrogen-bond acceptors (Lipinski definition) is 3. The van der Waals surface area contributed by atoms with Gasteiger partial charge in [-0.25, -0.2) is 0 Å². The molecule has 1 rings (SSSR count). The lowest BCUT2D eigenvalue weighted by Gasteiger charge is -2.30. The fourth-order valence-corrected chi connectivity index (χ4v) is 2.30. The molecular formula is C18H31NO2. The lowest BCUT2D eigenvalue weighted by Crippen LogP contribution is -2.37. The van der Waals surface area contributed by atoms with E-state index < -0.39 is 6.10 Å². The highest BCUT2D eigenvalue weighted by molar-refractivity contribution is 5.28. The van der Waals surface area contributed by atoms with Gasteiger partial charge in [0.05, 0.1) is 12.7 Å². The molecule has 0 fully saturated rings. The Hall–Kier alpha value is -1.06. The Bertz CT molecular complexity index is 387. The largest absolute Gasteiger partial charge is 0.494 e. The molecule has 1 aromatic rings. The number of hydrogen-bond donors (Lipinski definition) is 1. The molecule has 0 aliphatic heterocycles. The van der Waals surface area contributed by atoms with Gasteiger partial charge in [0.15, 0.2) is 0 Å². The van der Waals surface area contributed by atoms with E-state index in [0.29, 0.717) is 18.5 Å². The van der Waals surface area contributed by atoms with E-state index in [-0.39, 0.29) is 0 Å². The van der Waals surface area contributed by atoms with Gasteiger partial charge in [0.25, 0.3) is 0 Å². The minimum absolute atomic E-state index is 0.439. The van der Waals surface area contributed by atoms with E-state index in [1.54, 1.807) is 0 Å². The maximum absolute atomic E-state index is 10.4. The molecule has 120 valence electrons. The van der Waals surface area contributed by atoms with Gasteiger partial charge in [0, 0.05) is 19.1 Å². The van der Waals surface area contributed by atoms with Crippen LogP contribution >= 0.6 is 0 Å². The van der Waals surface area contributed by atoms with Crippen LogP contribution in [0, 0.1) is 5.92 Å². The monoisotopic (exact) mass is 293 g/mol. The van der Waals surface area contributed by atoms with Crippen molar-refractivity contribution < 1.29 is 9.84 Å². The molecule has 0 amide bonds. The van der Waals surface area contributed by atoms with Gasteiger partial charge in [0.1, 0.15) is 5.75 Å². The lowest BCUT2D eigenvalue weighted by molar-refractivity contribution is 0.0877. The van der Waals surface area contributed by atoms with Crippen molar-refractivity contribution in [2.24, 2.45) is 5.92 Å². The number of rotatable bonds is 9. The highest BCUT2D eigenvalue weighted by Gasteiger charge is 2.17. The summed E-state index contributed by atoms with van der Waals surface area (Å²) in [6.45, 7) is 13.3. The number of ether oxygens (including phenoxy) is 1. The van der Waals surface area contributed by atoms with Gasteiger partial charge in [-0.05, 0) is 43.9 Å².